The molecule has 0 radical (unpaired) electrons. The number of anilines is 1. The smallest absolute Gasteiger partial charge is 0.262 e. The third kappa shape index (κ3) is 2.70. The summed E-state index contributed by atoms with van der Waals surface area (Å²) < 4.78 is 5.39. The molecule has 24 heavy (non-hydrogen) atoms. The van der Waals surface area contributed by atoms with Crippen LogP contribution in [0.1, 0.15) is 34.9 Å². The van der Waals surface area contributed by atoms with Crippen LogP contribution in [0.3, 0.4) is 0 Å². The first-order chi connectivity index (χ1) is 11.7. The van der Waals surface area contributed by atoms with Crippen molar-refractivity contribution in [1.82, 2.24) is 20.1 Å². The van der Waals surface area contributed by atoms with Crippen LogP contribution in [-0.4, -0.2) is 51.6 Å². The van der Waals surface area contributed by atoms with E-state index in [-0.39, 0.29) is 24.3 Å². The van der Waals surface area contributed by atoms with Gasteiger partial charge < -0.3 is 15.0 Å². The quantitative estimate of drug-likeness (QED) is 0.862. The first-order valence-corrected chi connectivity index (χ1v) is 7.92. The zero-order valence-electron chi connectivity index (χ0n) is 13.0. The molecular weight excluding hydrogens is 310 g/mol. The number of amides is 2. The number of carbonyl (C=O) groups excluding carboxylic acids is 2. The van der Waals surface area contributed by atoms with Gasteiger partial charge in [0.05, 0.1) is 5.69 Å². The highest BCUT2D eigenvalue weighted by Gasteiger charge is 2.28. The number of aromatic nitrogens is 3. The molecule has 1 aromatic carbocycles. The van der Waals surface area contributed by atoms with Crippen molar-refractivity contribution in [2.75, 3.05) is 25.0 Å². The van der Waals surface area contributed by atoms with E-state index in [9.17, 15) is 9.59 Å². The van der Waals surface area contributed by atoms with Gasteiger partial charge in [-0.15, -0.1) is 0 Å². The lowest BCUT2D eigenvalue weighted by molar-refractivity contribution is -0.118. The average molecular weight is 327 g/mol. The normalized spacial score (nSPS) is 20.1. The molecule has 3 heterocycles. The second-order valence-electron chi connectivity index (χ2n) is 6.01. The monoisotopic (exact) mass is 327 g/mol. The Kier molecular flexibility index (Phi) is 3.64. The van der Waals surface area contributed by atoms with Gasteiger partial charge in [0.2, 0.25) is 0 Å². The maximum atomic E-state index is 12.8. The minimum absolute atomic E-state index is 0.0259. The number of hydrogen-bond donors (Lipinski definition) is 2. The predicted molar refractivity (Wildman–Crippen MR) is 84.8 cm³/mol. The molecular formula is C16H17N5O3. The summed E-state index contributed by atoms with van der Waals surface area (Å²) in [6.07, 6.45) is 3.40. The van der Waals surface area contributed by atoms with E-state index in [1.807, 2.05) is 4.90 Å². The molecule has 2 aliphatic rings. The number of H-pyrrole nitrogens is 1. The number of benzene rings is 1. The van der Waals surface area contributed by atoms with E-state index in [0.29, 0.717) is 23.5 Å². The Labute approximate surface area is 138 Å². The van der Waals surface area contributed by atoms with Crippen molar-refractivity contribution < 1.29 is 14.3 Å². The molecule has 1 aromatic heterocycles. The van der Waals surface area contributed by atoms with Crippen LogP contribution in [0.2, 0.25) is 0 Å². The van der Waals surface area contributed by atoms with E-state index in [1.54, 1.807) is 18.2 Å². The molecule has 2 aromatic rings. The molecule has 2 N–H and O–H groups in total. The number of hydrogen-bond acceptors (Lipinski definition) is 5. The maximum absolute atomic E-state index is 12.8. The van der Waals surface area contributed by atoms with Crippen LogP contribution in [0.5, 0.6) is 5.75 Å². The summed E-state index contributed by atoms with van der Waals surface area (Å²) >= 11 is 0. The molecule has 1 fully saturated rings. The number of likely N-dealkylation sites (tertiary alicyclic amines) is 1. The molecule has 8 nitrogen and oxygen atoms in total. The molecule has 1 atom stereocenters. The topological polar surface area (TPSA) is 100 Å². The largest absolute Gasteiger partial charge is 0.482 e. The van der Waals surface area contributed by atoms with Gasteiger partial charge in [-0.1, -0.05) is 0 Å². The van der Waals surface area contributed by atoms with Gasteiger partial charge in [-0.25, -0.2) is 4.98 Å². The highest BCUT2D eigenvalue weighted by Crippen LogP contribution is 2.30. The highest BCUT2D eigenvalue weighted by molar-refractivity contribution is 5.99. The number of aromatic amines is 1. The lowest BCUT2D eigenvalue weighted by Crippen LogP contribution is -2.39. The molecule has 4 rings (SSSR count). The summed E-state index contributed by atoms with van der Waals surface area (Å²) in [5.74, 6) is 1.31. The van der Waals surface area contributed by atoms with Crippen molar-refractivity contribution in [3.63, 3.8) is 0 Å². The van der Waals surface area contributed by atoms with Gasteiger partial charge in [0.15, 0.2) is 6.61 Å². The Hall–Kier alpha value is -2.90. The van der Waals surface area contributed by atoms with Gasteiger partial charge in [-0.05, 0) is 31.0 Å². The zero-order chi connectivity index (χ0) is 16.5. The summed E-state index contributed by atoms with van der Waals surface area (Å²) in [7, 11) is 0. The second-order valence-corrected chi connectivity index (χ2v) is 6.01. The third-order valence-corrected chi connectivity index (χ3v) is 4.39. The second kappa shape index (κ2) is 5.95. The summed E-state index contributed by atoms with van der Waals surface area (Å²) in [6, 6.07) is 5.11. The first-order valence-electron chi connectivity index (χ1n) is 7.92. The minimum Gasteiger partial charge on any atom is -0.482 e. The summed E-state index contributed by atoms with van der Waals surface area (Å²) in [6.45, 7) is 1.31. The van der Waals surface area contributed by atoms with E-state index in [0.717, 1.165) is 25.2 Å². The SMILES string of the molecule is O=C1COc2cc(C(=O)N3CCC[C@@H](c4ncn[nH]4)C3)ccc2N1. The van der Waals surface area contributed by atoms with Gasteiger partial charge in [-0.3, -0.25) is 14.7 Å². The van der Waals surface area contributed by atoms with Crippen LogP contribution in [0.25, 0.3) is 0 Å². The first kappa shape index (κ1) is 14.7. The van der Waals surface area contributed by atoms with Crippen molar-refractivity contribution in [2.24, 2.45) is 0 Å². The van der Waals surface area contributed by atoms with Crippen LogP contribution in [0.4, 0.5) is 5.69 Å². The van der Waals surface area contributed by atoms with Gasteiger partial charge >= 0.3 is 0 Å². The van der Waals surface area contributed by atoms with Crippen LogP contribution < -0.4 is 10.1 Å². The maximum Gasteiger partial charge on any atom is 0.262 e. The van der Waals surface area contributed by atoms with E-state index < -0.39 is 0 Å². The molecule has 0 unspecified atom stereocenters. The standard InChI is InChI=1S/C16H17N5O3/c22-14-8-24-13-6-10(3-4-12(13)19-14)16(23)21-5-1-2-11(7-21)15-17-9-18-20-15/h3-4,6,9,11H,1-2,5,7-8H2,(H,19,22)(H,17,18,20)/t11-/m1/s1. The minimum atomic E-state index is -0.187. The molecule has 1 saturated heterocycles. The highest BCUT2D eigenvalue weighted by atomic mass is 16.5. The van der Waals surface area contributed by atoms with Crippen LogP contribution in [0.15, 0.2) is 24.5 Å². The third-order valence-electron chi connectivity index (χ3n) is 4.39. The van der Waals surface area contributed by atoms with Crippen molar-refractivity contribution in [3.8, 4) is 5.75 Å². The molecule has 2 aliphatic heterocycles. The van der Waals surface area contributed by atoms with Crippen molar-refractivity contribution in [1.29, 1.82) is 0 Å². The number of rotatable bonds is 2. The number of nitrogens with one attached hydrogen (secondary N) is 2. The molecule has 124 valence electrons. The fourth-order valence-electron chi connectivity index (χ4n) is 3.19. The van der Waals surface area contributed by atoms with E-state index >= 15 is 0 Å². The van der Waals surface area contributed by atoms with Gasteiger partial charge in [0.25, 0.3) is 11.8 Å². The van der Waals surface area contributed by atoms with Gasteiger partial charge in [0.1, 0.15) is 17.9 Å². The van der Waals surface area contributed by atoms with Gasteiger partial charge in [0, 0.05) is 24.6 Å². The Morgan fingerprint density at radius 1 is 1.38 bits per heavy atom. The molecule has 0 saturated carbocycles. The van der Waals surface area contributed by atoms with Crippen molar-refractivity contribution in [2.45, 2.75) is 18.8 Å². The fourth-order valence-corrected chi connectivity index (χ4v) is 3.19. The zero-order valence-corrected chi connectivity index (χ0v) is 13.0. The molecule has 0 aliphatic carbocycles. The summed E-state index contributed by atoms with van der Waals surface area (Å²) in [5, 5.41) is 9.50. The van der Waals surface area contributed by atoms with Crippen LogP contribution in [-0.2, 0) is 4.79 Å². The van der Waals surface area contributed by atoms with E-state index in [1.165, 1.54) is 6.33 Å². The number of nitrogens with zero attached hydrogens (tertiary/aromatic N) is 3. The van der Waals surface area contributed by atoms with E-state index in [4.69, 9.17) is 4.74 Å². The summed E-state index contributed by atoms with van der Waals surface area (Å²) in [4.78, 5) is 30.2. The Morgan fingerprint density at radius 2 is 2.29 bits per heavy atom. The average Bonchev–Trinajstić information content (AvgIpc) is 3.15. The lowest BCUT2D eigenvalue weighted by atomic mass is 9.96. The number of ether oxygens (including phenoxy) is 1. The lowest BCUT2D eigenvalue weighted by Gasteiger charge is -2.32. The number of carbonyl (C=O) groups is 2. The Morgan fingerprint density at radius 3 is 3.12 bits per heavy atom. The molecule has 0 bridgehead atoms. The number of piperidine rings is 1. The van der Waals surface area contributed by atoms with Crippen LogP contribution in [0, 0.1) is 0 Å². The Bertz CT molecular complexity index is 774. The molecule has 0 spiro atoms. The molecule has 2 amide bonds. The van der Waals surface area contributed by atoms with Crippen LogP contribution >= 0.6 is 0 Å². The van der Waals surface area contributed by atoms with Crippen molar-refractivity contribution >= 4 is 17.5 Å². The fraction of sp³-hybridized carbons (Fsp3) is 0.375. The number of fused-ring (bicyclic) bond motifs is 1. The van der Waals surface area contributed by atoms with Crippen molar-refractivity contribution in [3.05, 3.63) is 35.9 Å². The van der Waals surface area contributed by atoms with E-state index in [2.05, 4.69) is 20.5 Å². The van der Waals surface area contributed by atoms with Gasteiger partial charge in [-0.2, -0.15) is 5.10 Å². The molecule has 8 heteroatoms. The predicted octanol–water partition coefficient (Wildman–Crippen LogP) is 1.16. The summed E-state index contributed by atoms with van der Waals surface area (Å²) in [5.41, 5.74) is 1.16. The Balaban J connectivity index is 1.52.